The summed E-state index contributed by atoms with van der Waals surface area (Å²) in [6.07, 6.45) is 0.830. The number of nitrogens with one attached hydrogen (secondary N) is 1. The molecule has 2 aromatic carbocycles. The Morgan fingerprint density at radius 3 is 2.62 bits per heavy atom. The van der Waals surface area contributed by atoms with Crippen LogP contribution in [0.1, 0.15) is 16.8 Å². The maximum absolute atomic E-state index is 12.1. The van der Waals surface area contributed by atoms with Crippen molar-refractivity contribution in [3.63, 3.8) is 0 Å². The fourth-order valence-corrected chi connectivity index (χ4v) is 1.85. The lowest BCUT2D eigenvalue weighted by atomic mass is 10.2. The molecule has 0 saturated carbocycles. The molecule has 0 bridgehead atoms. The Kier molecular flexibility index (Phi) is 5.79. The molecule has 4 heteroatoms. The Bertz CT molecular complexity index is 569. The third-order valence-electron chi connectivity index (χ3n) is 2.89. The van der Waals surface area contributed by atoms with Crippen LogP contribution in [0, 0.1) is 0 Å². The van der Waals surface area contributed by atoms with Gasteiger partial charge < -0.3 is 14.8 Å². The Labute approximate surface area is 124 Å². The highest BCUT2D eigenvalue weighted by molar-refractivity contribution is 6.04. The van der Waals surface area contributed by atoms with Crippen molar-refractivity contribution in [2.45, 2.75) is 6.42 Å². The average molecular weight is 285 g/mol. The number of hydrogen-bond donors (Lipinski definition) is 1. The number of ether oxygens (including phenoxy) is 2. The number of methoxy groups -OCH3 is 1. The molecular weight excluding hydrogens is 266 g/mol. The van der Waals surface area contributed by atoms with Crippen LogP contribution in [0.3, 0.4) is 0 Å². The molecule has 0 spiro atoms. The number of anilines is 1. The zero-order valence-corrected chi connectivity index (χ0v) is 12.0. The van der Waals surface area contributed by atoms with E-state index in [-0.39, 0.29) is 5.91 Å². The second-order valence-electron chi connectivity index (χ2n) is 4.54. The highest BCUT2D eigenvalue weighted by Crippen LogP contribution is 2.18. The molecule has 2 aromatic rings. The molecule has 0 aliphatic carbocycles. The smallest absolute Gasteiger partial charge is 0.255 e. The number of amides is 1. The molecule has 0 aliphatic heterocycles. The van der Waals surface area contributed by atoms with Crippen LogP contribution in [0.5, 0.6) is 5.75 Å². The van der Waals surface area contributed by atoms with Crippen LogP contribution in [-0.2, 0) is 4.74 Å². The first-order valence-corrected chi connectivity index (χ1v) is 6.88. The lowest BCUT2D eigenvalue weighted by Crippen LogP contribution is -2.11. The van der Waals surface area contributed by atoms with Crippen LogP contribution in [0.15, 0.2) is 54.6 Å². The molecule has 0 heterocycles. The van der Waals surface area contributed by atoms with E-state index in [1.54, 1.807) is 19.2 Å². The van der Waals surface area contributed by atoms with Crippen molar-refractivity contribution in [2.24, 2.45) is 0 Å². The highest BCUT2D eigenvalue weighted by atomic mass is 16.5. The monoisotopic (exact) mass is 285 g/mol. The molecular formula is C17H19NO3. The van der Waals surface area contributed by atoms with E-state index in [0.717, 1.165) is 12.2 Å². The second-order valence-corrected chi connectivity index (χ2v) is 4.54. The van der Waals surface area contributed by atoms with Gasteiger partial charge in [-0.1, -0.05) is 24.3 Å². The fraction of sp³-hybridized carbons (Fsp3) is 0.235. The summed E-state index contributed by atoms with van der Waals surface area (Å²) in [6.45, 7) is 1.26. The van der Waals surface area contributed by atoms with Gasteiger partial charge in [0.15, 0.2) is 0 Å². The molecule has 1 amide bonds. The summed E-state index contributed by atoms with van der Waals surface area (Å²) in [6, 6.07) is 16.5. The SMILES string of the molecule is COCCCOc1cccc(NC(=O)c2ccccc2)c1. The van der Waals surface area contributed by atoms with Gasteiger partial charge in [0.2, 0.25) is 0 Å². The van der Waals surface area contributed by atoms with Gasteiger partial charge in [-0.05, 0) is 24.3 Å². The van der Waals surface area contributed by atoms with Gasteiger partial charge in [-0.3, -0.25) is 4.79 Å². The average Bonchev–Trinajstić information content (AvgIpc) is 2.53. The van der Waals surface area contributed by atoms with E-state index in [1.165, 1.54) is 0 Å². The van der Waals surface area contributed by atoms with E-state index in [1.807, 2.05) is 42.5 Å². The zero-order chi connectivity index (χ0) is 14.9. The highest BCUT2D eigenvalue weighted by Gasteiger charge is 2.05. The Balaban J connectivity index is 1.93. The van der Waals surface area contributed by atoms with E-state index in [9.17, 15) is 4.79 Å². The first-order chi connectivity index (χ1) is 10.3. The Morgan fingerprint density at radius 2 is 1.86 bits per heavy atom. The largest absolute Gasteiger partial charge is 0.493 e. The molecule has 0 unspecified atom stereocenters. The maximum Gasteiger partial charge on any atom is 0.255 e. The van der Waals surface area contributed by atoms with Crippen molar-refractivity contribution in [3.8, 4) is 5.75 Å². The summed E-state index contributed by atoms with van der Waals surface area (Å²) in [5.74, 6) is 0.601. The summed E-state index contributed by atoms with van der Waals surface area (Å²) in [5, 5.41) is 2.86. The van der Waals surface area contributed by atoms with Gasteiger partial charge in [0.25, 0.3) is 5.91 Å². The van der Waals surface area contributed by atoms with Gasteiger partial charge in [0.05, 0.1) is 6.61 Å². The molecule has 21 heavy (non-hydrogen) atoms. The molecule has 0 fully saturated rings. The van der Waals surface area contributed by atoms with E-state index in [0.29, 0.717) is 24.5 Å². The molecule has 0 aliphatic rings. The standard InChI is InChI=1S/C17H19NO3/c1-20-11-6-12-21-16-10-5-9-15(13-16)18-17(19)14-7-3-2-4-8-14/h2-5,7-10,13H,6,11-12H2,1H3,(H,18,19). The molecule has 1 N–H and O–H groups in total. The number of benzene rings is 2. The molecule has 4 nitrogen and oxygen atoms in total. The van der Waals surface area contributed by atoms with Crippen molar-refractivity contribution in [2.75, 3.05) is 25.6 Å². The third kappa shape index (κ3) is 4.93. The van der Waals surface area contributed by atoms with Crippen molar-refractivity contribution in [3.05, 3.63) is 60.2 Å². The van der Waals surface area contributed by atoms with Crippen LogP contribution >= 0.6 is 0 Å². The van der Waals surface area contributed by atoms with Crippen molar-refractivity contribution >= 4 is 11.6 Å². The number of carbonyl (C=O) groups is 1. The van der Waals surface area contributed by atoms with E-state index < -0.39 is 0 Å². The van der Waals surface area contributed by atoms with E-state index >= 15 is 0 Å². The molecule has 0 saturated heterocycles. The van der Waals surface area contributed by atoms with Gasteiger partial charge in [-0.15, -0.1) is 0 Å². The molecule has 0 atom stereocenters. The number of hydrogen-bond acceptors (Lipinski definition) is 3. The predicted octanol–water partition coefficient (Wildman–Crippen LogP) is 3.35. The third-order valence-corrected chi connectivity index (χ3v) is 2.89. The first kappa shape index (κ1) is 15.1. The second kappa shape index (κ2) is 8.07. The van der Waals surface area contributed by atoms with Gasteiger partial charge in [0, 0.05) is 37.5 Å². The zero-order valence-electron chi connectivity index (χ0n) is 12.0. The van der Waals surface area contributed by atoms with Crippen LogP contribution in [0.2, 0.25) is 0 Å². The minimum atomic E-state index is -0.132. The quantitative estimate of drug-likeness (QED) is 0.794. The predicted molar refractivity (Wildman–Crippen MR) is 82.8 cm³/mol. The van der Waals surface area contributed by atoms with Gasteiger partial charge in [-0.25, -0.2) is 0 Å². The van der Waals surface area contributed by atoms with Crippen LogP contribution in [0.25, 0.3) is 0 Å². The molecule has 2 rings (SSSR count). The van der Waals surface area contributed by atoms with Crippen molar-refractivity contribution in [1.29, 1.82) is 0 Å². The summed E-state index contributed by atoms with van der Waals surface area (Å²) in [4.78, 5) is 12.1. The summed E-state index contributed by atoms with van der Waals surface area (Å²) >= 11 is 0. The minimum Gasteiger partial charge on any atom is -0.493 e. The number of rotatable bonds is 7. The van der Waals surface area contributed by atoms with Crippen LogP contribution < -0.4 is 10.1 Å². The lowest BCUT2D eigenvalue weighted by Gasteiger charge is -2.09. The molecule has 110 valence electrons. The number of carbonyl (C=O) groups excluding carboxylic acids is 1. The van der Waals surface area contributed by atoms with E-state index in [2.05, 4.69) is 5.32 Å². The van der Waals surface area contributed by atoms with Gasteiger partial charge in [-0.2, -0.15) is 0 Å². The topological polar surface area (TPSA) is 47.6 Å². The summed E-state index contributed by atoms with van der Waals surface area (Å²) in [7, 11) is 1.67. The van der Waals surface area contributed by atoms with Crippen molar-refractivity contribution < 1.29 is 14.3 Å². The van der Waals surface area contributed by atoms with Gasteiger partial charge >= 0.3 is 0 Å². The van der Waals surface area contributed by atoms with E-state index in [4.69, 9.17) is 9.47 Å². The summed E-state index contributed by atoms with van der Waals surface area (Å²) in [5.41, 5.74) is 1.34. The molecule has 0 radical (unpaired) electrons. The summed E-state index contributed by atoms with van der Waals surface area (Å²) < 4.78 is 10.6. The van der Waals surface area contributed by atoms with Crippen molar-refractivity contribution in [1.82, 2.24) is 0 Å². The maximum atomic E-state index is 12.1. The van der Waals surface area contributed by atoms with Crippen LogP contribution in [-0.4, -0.2) is 26.2 Å². The minimum absolute atomic E-state index is 0.132. The van der Waals surface area contributed by atoms with Crippen LogP contribution in [0.4, 0.5) is 5.69 Å². The fourth-order valence-electron chi connectivity index (χ4n) is 1.85. The first-order valence-electron chi connectivity index (χ1n) is 6.88. The Morgan fingerprint density at radius 1 is 1.05 bits per heavy atom. The normalized spacial score (nSPS) is 10.1. The Hall–Kier alpha value is -2.33. The molecule has 0 aromatic heterocycles. The lowest BCUT2D eigenvalue weighted by molar-refractivity contribution is 0.102. The van der Waals surface area contributed by atoms with Gasteiger partial charge in [0.1, 0.15) is 5.75 Å².